The van der Waals surface area contributed by atoms with E-state index in [1.54, 1.807) is 0 Å². The van der Waals surface area contributed by atoms with Gasteiger partial charge in [0, 0.05) is 18.5 Å². The summed E-state index contributed by atoms with van der Waals surface area (Å²) in [4.78, 5) is 21.9. The second-order valence-electron chi connectivity index (χ2n) is 4.62. The van der Waals surface area contributed by atoms with E-state index in [-0.39, 0.29) is 24.1 Å². The van der Waals surface area contributed by atoms with Crippen molar-refractivity contribution < 1.29 is 27.9 Å². The van der Waals surface area contributed by atoms with Crippen LogP contribution in [-0.2, 0) is 15.8 Å². The molecule has 0 heterocycles. The molecule has 0 radical (unpaired) electrons. The second-order valence-corrected chi connectivity index (χ2v) is 4.62. The van der Waals surface area contributed by atoms with Crippen LogP contribution in [0.4, 0.5) is 18.9 Å². The van der Waals surface area contributed by atoms with Crippen molar-refractivity contribution >= 4 is 17.6 Å². The third-order valence-corrected chi connectivity index (χ3v) is 2.96. The SMILES string of the molecule is Cc1c(NC(=O)CCCCC(=O)O)cccc1C(F)(F)F. The number of carboxylic acid groups (broad SMARTS) is 1. The normalized spacial score (nSPS) is 11.2. The Hall–Kier alpha value is -2.05. The van der Waals surface area contributed by atoms with Gasteiger partial charge in [-0.2, -0.15) is 13.2 Å². The summed E-state index contributed by atoms with van der Waals surface area (Å²) >= 11 is 0. The fourth-order valence-corrected chi connectivity index (χ4v) is 1.85. The zero-order chi connectivity index (χ0) is 16.0. The molecule has 0 aliphatic rings. The third kappa shape index (κ3) is 5.45. The second kappa shape index (κ2) is 7.10. The number of halogens is 3. The van der Waals surface area contributed by atoms with E-state index < -0.39 is 23.6 Å². The molecule has 0 aliphatic heterocycles. The molecule has 0 bridgehead atoms. The maximum absolute atomic E-state index is 12.7. The van der Waals surface area contributed by atoms with Crippen LogP contribution in [0, 0.1) is 6.92 Å². The highest BCUT2D eigenvalue weighted by Crippen LogP contribution is 2.34. The van der Waals surface area contributed by atoms with Crippen molar-refractivity contribution in [1.82, 2.24) is 0 Å². The number of carboxylic acids is 1. The Bertz CT molecular complexity index is 527. The lowest BCUT2D eigenvalue weighted by molar-refractivity contribution is -0.138. The summed E-state index contributed by atoms with van der Waals surface area (Å²) in [6, 6.07) is 3.59. The molecular formula is C14H16F3NO3. The molecule has 1 aromatic rings. The number of aliphatic carboxylic acids is 1. The maximum Gasteiger partial charge on any atom is 0.416 e. The molecule has 0 spiro atoms. The number of anilines is 1. The standard InChI is InChI=1S/C14H16F3NO3/c1-9-10(14(15,16)17)5-4-6-11(9)18-12(19)7-2-3-8-13(20)21/h4-6H,2-3,7-8H2,1H3,(H,18,19)(H,20,21). The number of benzene rings is 1. The Balaban J connectivity index is 2.63. The van der Waals surface area contributed by atoms with Crippen molar-refractivity contribution in [3.63, 3.8) is 0 Å². The van der Waals surface area contributed by atoms with Crippen molar-refractivity contribution in [1.29, 1.82) is 0 Å². The number of hydrogen-bond acceptors (Lipinski definition) is 2. The van der Waals surface area contributed by atoms with Crippen molar-refractivity contribution in [2.45, 2.75) is 38.8 Å². The summed E-state index contributed by atoms with van der Waals surface area (Å²) in [5.74, 6) is -1.37. The summed E-state index contributed by atoms with van der Waals surface area (Å²) in [5, 5.41) is 10.9. The monoisotopic (exact) mass is 303 g/mol. The number of carbonyl (C=O) groups is 2. The lowest BCUT2D eigenvalue weighted by atomic mass is 10.1. The quantitative estimate of drug-likeness (QED) is 0.789. The molecule has 0 aliphatic carbocycles. The average molecular weight is 303 g/mol. The summed E-state index contributed by atoms with van der Waals surface area (Å²) in [6.45, 7) is 1.29. The molecule has 1 rings (SSSR count). The van der Waals surface area contributed by atoms with Crippen LogP contribution in [0.2, 0.25) is 0 Å². The first-order valence-corrected chi connectivity index (χ1v) is 6.40. The predicted molar refractivity (Wildman–Crippen MR) is 70.9 cm³/mol. The van der Waals surface area contributed by atoms with E-state index in [0.717, 1.165) is 6.07 Å². The van der Waals surface area contributed by atoms with Crippen LogP contribution < -0.4 is 5.32 Å². The van der Waals surface area contributed by atoms with Crippen LogP contribution in [0.15, 0.2) is 18.2 Å². The highest BCUT2D eigenvalue weighted by Gasteiger charge is 2.32. The topological polar surface area (TPSA) is 66.4 Å². The van der Waals surface area contributed by atoms with E-state index in [1.807, 2.05) is 0 Å². The Labute approximate surface area is 120 Å². The van der Waals surface area contributed by atoms with Gasteiger partial charge in [-0.3, -0.25) is 9.59 Å². The molecule has 0 saturated heterocycles. The number of alkyl halides is 3. The van der Waals surface area contributed by atoms with Crippen LogP contribution in [0.1, 0.15) is 36.8 Å². The van der Waals surface area contributed by atoms with Gasteiger partial charge in [0.15, 0.2) is 0 Å². The van der Waals surface area contributed by atoms with Crippen LogP contribution in [0.3, 0.4) is 0 Å². The minimum atomic E-state index is -4.47. The highest BCUT2D eigenvalue weighted by atomic mass is 19.4. The Morgan fingerprint density at radius 2 is 1.81 bits per heavy atom. The molecule has 4 nitrogen and oxygen atoms in total. The fourth-order valence-electron chi connectivity index (χ4n) is 1.85. The van der Waals surface area contributed by atoms with E-state index in [4.69, 9.17) is 5.11 Å². The van der Waals surface area contributed by atoms with Crippen LogP contribution in [-0.4, -0.2) is 17.0 Å². The first-order chi connectivity index (χ1) is 9.71. The highest BCUT2D eigenvalue weighted by molar-refractivity contribution is 5.91. The minimum Gasteiger partial charge on any atom is -0.481 e. The van der Waals surface area contributed by atoms with Gasteiger partial charge in [0.25, 0.3) is 0 Å². The largest absolute Gasteiger partial charge is 0.481 e. The van der Waals surface area contributed by atoms with Gasteiger partial charge in [-0.05, 0) is 37.5 Å². The molecule has 2 N–H and O–H groups in total. The fraction of sp³-hybridized carbons (Fsp3) is 0.429. The van der Waals surface area contributed by atoms with Gasteiger partial charge in [0.1, 0.15) is 0 Å². The number of unbranched alkanes of at least 4 members (excludes halogenated alkanes) is 1. The molecule has 0 aromatic heterocycles. The number of amides is 1. The Morgan fingerprint density at radius 3 is 2.38 bits per heavy atom. The maximum atomic E-state index is 12.7. The van der Waals surface area contributed by atoms with Gasteiger partial charge in [0.2, 0.25) is 5.91 Å². The molecule has 21 heavy (non-hydrogen) atoms. The average Bonchev–Trinajstić information content (AvgIpc) is 2.35. The van der Waals surface area contributed by atoms with E-state index in [9.17, 15) is 22.8 Å². The van der Waals surface area contributed by atoms with Gasteiger partial charge < -0.3 is 10.4 Å². The number of rotatable bonds is 6. The smallest absolute Gasteiger partial charge is 0.416 e. The zero-order valence-electron chi connectivity index (χ0n) is 11.5. The van der Waals surface area contributed by atoms with Crippen molar-refractivity contribution in [3.8, 4) is 0 Å². The van der Waals surface area contributed by atoms with E-state index in [0.29, 0.717) is 12.8 Å². The van der Waals surface area contributed by atoms with E-state index in [1.165, 1.54) is 19.1 Å². The molecule has 1 aromatic carbocycles. The number of carbonyl (C=O) groups excluding carboxylic acids is 1. The lowest BCUT2D eigenvalue weighted by Gasteiger charge is -2.14. The molecule has 7 heteroatoms. The van der Waals surface area contributed by atoms with Gasteiger partial charge in [-0.15, -0.1) is 0 Å². The van der Waals surface area contributed by atoms with Crippen molar-refractivity contribution in [2.75, 3.05) is 5.32 Å². The predicted octanol–water partition coefficient (Wildman–Crippen LogP) is 3.60. The molecule has 0 fully saturated rings. The van der Waals surface area contributed by atoms with Gasteiger partial charge in [0.05, 0.1) is 5.56 Å². The first kappa shape index (κ1) is 17.0. The molecular weight excluding hydrogens is 287 g/mol. The lowest BCUT2D eigenvalue weighted by Crippen LogP contribution is -2.15. The number of hydrogen-bond donors (Lipinski definition) is 2. The Kier molecular flexibility index (Phi) is 5.75. The summed E-state index contributed by atoms with van der Waals surface area (Å²) in [6.07, 6.45) is -3.70. The molecule has 116 valence electrons. The molecule has 0 saturated carbocycles. The minimum absolute atomic E-state index is 0.0319. The number of nitrogens with one attached hydrogen (secondary N) is 1. The van der Waals surface area contributed by atoms with Crippen LogP contribution in [0.5, 0.6) is 0 Å². The Morgan fingerprint density at radius 1 is 1.19 bits per heavy atom. The molecule has 1 amide bonds. The zero-order valence-corrected chi connectivity index (χ0v) is 11.5. The summed E-state index contributed by atoms with van der Waals surface area (Å²) < 4.78 is 38.2. The summed E-state index contributed by atoms with van der Waals surface area (Å²) in [5.41, 5.74) is -0.705. The van der Waals surface area contributed by atoms with Crippen molar-refractivity contribution in [3.05, 3.63) is 29.3 Å². The van der Waals surface area contributed by atoms with Gasteiger partial charge >= 0.3 is 12.1 Å². The molecule has 0 atom stereocenters. The summed E-state index contributed by atoms with van der Waals surface area (Å²) in [7, 11) is 0. The van der Waals surface area contributed by atoms with Crippen molar-refractivity contribution in [2.24, 2.45) is 0 Å². The molecule has 0 unspecified atom stereocenters. The van der Waals surface area contributed by atoms with Crippen LogP contribution >= 0.6 is 0 Å². The third-order valence-electron chi connectivity index (χ3n) is 2.96. The van der Waals surface area contributed by atoms with Gasteiger partial charge in [-0.25, -0.2) is 0 Å². The van der Waals surface area contributed by atoms with Crippen LogP contribution in [0.25, 0.3) is 0 Å². The van der Waals surface area contributed by atoms with E-state index in [2.05, 4.69) is 5.32 Å². The first-order valence-electron chi connectivity index (χ1n) is 6.40. The van der Waals surface area contributed by atoms with Gasteiger partial charge in [-0.1, -0.05) is 6.07 Å². The van der Waals surface area contributed by atoms with E-state index >= 15 is 0 Å².